The normalized spacial score (nSPS) is 30.1. The molecule has 0 saturated heterocycles. The van der Waals surface area contributed by atoms with Crippen molar-refractivity contribution in [2.45, 2.75) is 49.9 Å². The van der Waals surface area contributed by atoms with E-state index in [1.165, 1.54) is 30.8 Å². The van der Waals surface area contributed by atoms with E-state index in [9.17, 15) is 0 Å². The number of thioether (sulfide) groups is 1. The number of nitrogens with two attached hydrogens (primary N) is 1. The molecule has 1 aromatic rings. The Labute approximate surface area is 100.0 Å². The lowest BCUT2D eigenvalue weighted by Gasteiger charge is -2.27. The quantitative estimate of drug-likeness (QED) is 0.805. The Hall–Kier alpha value is -0.550. The Morgan fingerprint density at radius 3 is 3.12 bits per heavy atom. The Balaban J connectivity index is 1.85. The van der Waals surface area contributed by atoms with Gasteiger partial charge in [-0.3, -0.25) is 0 Å². The standard InChI is InChI=1S/C11H18N4S/c12-9-3-1-2-8(6-9)11-14-13-10-7-16-5-4-15(10)11/h8-9H,1-7,12H2/t8-,9+/m0/s1. The number of nitrogens with zero attached hydrogens (tertiary/aromatic N) is 3. The third-order valence-corrected chi connectivity index (χ3v) is 4.56. The molecule has 1 saturated carbocycles. The number of hydrogen-bond donors (Lipinski definition) is 1. The van der Waals surface area contributed by atoms with Crippen LogP contribution in [0.15, 0.2) is 0 Å². The second-order valence-corrected chi connectivity index (χ2v) is 5.91. The van der Waals surface area contributed by atoms with E-state index in [-0.39, 0.29) is 0 Å². The summed E-state index contributed by atoms with van der Waals surface area (Å²) in [4.78, 5) is 0. The summed E-state index contributed by atoms with van der Waals surface area (Å²) in [6.07, 6.45) is 4.74. The largest absolute Gasteiger partial charge is 0.328 e. The van der Waals surface area contributed by atoms with Crippen molar-refractivity contribution in [1.82, 2.24) is 14.8 Å². The Kier molecular flexibility index (Phi) is 2.90. The van der Waals surface area contributed by atoms with Crippen LogP contribution in [0.3, 0.4) is 0 Å². The van der Waals surface area contributed by atoms with Gasteiger partial charge in [-0.1, -0.05) is 6.42 Å². The highest BCUT2D eigenvalue weighted by molar-refractivity contribution is 7.98. The van der Waals surface area contributed by atoms with E-state index >= 15 is 0 Å². The van der Waals surface area contributed by atoms with Gasteiger partial charge in [0.05, 0.1) is 5.75 Å². The predicted octanol–water partition coefficient (Wildman–Crippen LogP) is 1.51. The number of aromatic nitrogens is 3. The van der Waals surface area contributed by atoms with E-state index in [4.69, 9.17) is 5.73 Å². The van der Waals surface area contributed by atoms with Crippen LogP contribution in [0.2, 0.25) is 0 Å². The summed E-state index contributed by atoms with van der Waals surface area (Å²) in [6, 6.07) is 0.365. The van der Waals surface area contributed by atoms with Crippen LogP contribution in [0.1, 0.15) is 43.3 Å². The monoisotopic (exact) mass is 238 g/mol. The topological polar surface area (TPSA) is 56.7 Å². The van der Waals surface area contributed by atoms with Crippen LogP contribution in [-0.2, 0) is 12.3 Å². The molecule has 1 aromatic heterocycles. The van der Waals surface area contributed by atoms with Gasteiger partial charge in [0.2, 0.25) is 0 Å². The van der Waals surface area contributed by atoms with Crippen LogP contribution < -0.4 is 5.73 Å². The van der Waals surface area contributed by atoms with Crippen molar-refractivity contribution < 1.29 is 0 Å². The highest BCUT2D eigenvalue weighted by Crippen LogP contribution is 2.32. The zero-order valence-corrected chi connectivity index (χ0v) is 10.2. The first-order valence-electron chi connectivity index (χ1n) is 6.10. The van der Waals surface area contributed by atoms with Crippen LogP contribution in [0.5, 0.6) is 0 Å². The van der Waals surface area contributed by atoms with Crippen LogP contribution in [-0.4, -0.2) is 26.6 Å². The summed E-state index contributed by atoms with van der Waals surface area (Å²) >= 11 is 1.95. The molecule has 0 bridgehead atoms. The molecule has 88 valence electrons. The molecule has 1 fully saturated rings. The molecule has 0 unspecified atom stereocenters. The summed E-state index contributed by atoms with van der Waals surface area (Å²) < 4.78 is 2.33. The molecule has 0 radical (unpaired) electrons. The maximum Gasteiger partial charge on any atom is 0.143 e. The molecule has 1 aliphatic carbocycles. The SMILES string of the molecule is N[C@@H]1CCC[C@H](c2nnc3n2CCSC3)C1. The fraction of sp³-hybridized carbons (Fsp3) is 0.818. The van der Waals surface area contributed by atoms with Gasteiger partial charge in [-0.05, 0) is 19.3 Å². The van der Waals surface area contributed by atoms with E-state index in [0.717, 1.165) is 24.5 Å². The van der Waals surface area contributed by atoms with Crippen molar-refractivity contribution in [1.29, 1.82) is 0 Å². The summed E-state index contributed by atoms with van der Waals surface area (Å²) in [5, 5.41) is 8.71. The third-order valence-electron chi connectivity index (χ3n) is 3.63. The van der Waals surface area contributed by atoms with Crippen molar-refractivity contribution in [2.75, 3.05) is 5.75 Å². The number of fused-ring (bicyclic) bond motifs is 1. The molecule has 1 aliphatic heterocycles. The maximum absolute atomic E-state index is 6.05. The summed E-state index contributed by atoms with van der Waals surface area (Å²) in [7, 11) is 0. The fourth-order valence-electron chi connectivity index (χ4n) is 2.78. The minimum Gasteiger partial charge on any atom is -0.328 e. The maximum atomic E-state index is 6.05. The molecular weight excluding hydrogens is 220 g/mol. The zero-order valence-electron chi connectivity index (χ0n) is 9.43. The second kappa shape index (κ2) is 4.37. The second-order valence-electron chi connectivity index (χ2n) is 4.80. The average molecular weight is 238 g/mol. The van der Waals surface area contributed by atoms with Crippen LogP contribution in [0.4, 0.5) is 0 Å². The van der Waals surface area contributed by atoms with Crippen molar-refractivity contribution in [3.8, 4) is 0 Å². The smallest absolute Gasteiger partial charge is 0.143 e. The molecule has 16 heavy (non-hydrogen) atoms. The van der Waals surface area contributed by atoms with Gasteiger partial charge in [-0.25, -0.2) is 0 Å². The van der Waals surface area contributed by atoms with Gasteiger partial charge in [-0.15, -0.1) is 10.2 Å². The van der Waals surface area contributed by atoms with E-state index in [1.54, 1.807) is 0 Å². The third kappa shape index (κ3) is 1.86. The number of rotatable bonds is 1. The minimum atomic E-state index is 0.365. The molecule has 5 heteroatoms. The van der Waals surface area contributed by atoms with E-state index in [2.05, 4.69) is 14.8 Å². The molecule has 4 nitrogen and oxygen atoms in total. The molecule has 0 amide bonds. The van der Waals surface area contributed by atoms with Gasteiger partial charge in [0.25, 0.3) is 0 Å². The van der Waals surface area contributed by atoms with Gasteiger partial charge in [-0.2, -0.15) is 11.8 Å². The van der Waals surface area contributed by atoms with Crippen molar-refractivity contribution in [3.05, 3.63) is 11.6 Å². The zero-order chi connectivity index (χ0) is 11.0. The Morgan fingerprint density at radius 2 is 2.25 bits per heavy atom. The summed E-state index contributed by atoms with van der Waals surface area (Å²) in [5.74, 6) is 5.12. The van der Waals surface area contributed by atoms with Gasteiger partial charge in [0.15, 0.2) is 0 Å². The lowest BCUT2D eigenvalue weighted by molar-refractivity contribution is 0.373. The first-order chi connectivity index (χ1) is 7.84. The van der Waals surface area contributed by atoms with E-state index < -0.39 is 0 Å². The molecule has 2 N–H and O–H groups in total. The van der Waals surface area contributed by atoms with Crippen LogP contribution in [0, 0.1) is 0 Å². The molecular formula is C11H18N4S. The van der Waals surface area contributed by atoms with Gasteiger partial charge in [0, 0.05) is 24.3 Å². The predicted molar refractivity (Wildman–Crippen MR) is 65.4 cm³/mol. The first kappa shape index (κ1) is 10.6. The molecule has 2 atom stereocenters. The highest BCUT2D eigenvalue weighted by atomic mass is 32.2. The molecule has 2 heterocycles. The Morgan fingerprint density at radius 1 is 1.31 bits per heavy atom. The minimum absolute atomic E-state index is 0.365. The van der Waals surface area contributed by atoms with Crippen LogP contribution in [0.25, 0.3) is 0 Å². The van der Waals surface area contributed by atoms with Crippen molar-refractivity contribution in [2.24, 2.45) is 5.73 Å². The molecule has 3 rings (SSSR count). The van der Waals surface area contributed by atoms with Crippen molar-refractivity contribution in [3.63, 3.8) is 0 Å². The lowest BCUT2D eigenvalue weighted by atomic mass is 9.85. The molecule has 0 spiro atoms. The molecule has 0 aromatic carbocycles. The fourth-order valence-corrected chi connectivity index (χ4v) is 3.64. The first-order valence-corrected chi connectivity index (χ1v) is 7.25. The molecule has 2 aliphatic rings. The highest BCUT2D eigenvalue weighted by Gasteiger charge is 2.27. The average Bonchev–Trinajstić information content (AvgIpc) is 2.72. The summed E-state index contributed by atoms with van der Waals surface area (Å²) in [6.45, 7) is 1.08. The summed E-state index contributed by atoms with van der Waals surface area (Å²) in [5.41, 5.74) is 6.05. The van der Waals surface area contributed by atoms with Gasteiger partial charge >= 0.3 is 0 Å². The number of hydrogen-bond acceptors (Lipinski definition) is 4. The Bertz CT molecular complexity index is 376. The van der Waals surface area contributed by atoms with Gasteiger partial charge in [0.1, 0.15) is 11.6 Å². The van der Waals surface area contributed by atoms with E-state index in [0.29, 0.717) is 12.0 Å². The lowest BCUT2D eigenvalue weighted by Crippen LogP contribution is -2.28. The van der Waals surface area contributed by atoms with Crippen molar-refractivity contribution >= 4 is 11.8 Å². The van der Waals surface area contributed by atoms with Crippen LogP contribution >= 0.6 is 11.8 Å². The van der Waals surface area contributed by atoms with Gasteiger partial charge < -0.3 is 10.3 Å². The van der Waals surface area contributed by atoms with E-state index in [1.807, 2.05) is 11.8 Å².